The van der Waals surface area contributed by atoms with Crippen molar-refractivity contribution in [3.05, 3.63) is 35.4 Å². The van der Waals surface area contributed by atoms with Crippen LogP contribution < -0.4 is 0 Å². The van der Waals surface area contributed by atoms with Gasteiger partial charge < -0.3 is 9.64 Å². The van der Waals surface area contributed by atoms with Crippen LogP contribution in [-0.4, -0.2) is 46.3 Å². The van der Waals surface area contributed by atoms with E-state index in [0.29, 0.717) is 18.5 Å². The van der Waals surface area contributed by atoms with Crippen LogP contribution in [0.5, 0.6) is 0 Å². The van der Waals surface area contributed by atoms with Crippen molar-refractivity contribution >= 4 is 23.7 Å². The summed E-state index contributed by atoms with van der Waals surface area (Å²) in [6.45, 7) is -0.00617. The second kappa shape index (κ2) is 7.13. The molecule has 7 heteroatoms. The molecule has 1 unspecified atom stereocenters. The molecule has 0 bridgehead atoms. The predicted molar refractivity (Wildman–Crippen MR) is 94.1 cm³/mol. The van der Waals surface area contributed by atoms with Crippen molar-refractivity contribution < 1.29 is 23.9 Å². The Bertz CT molecular complexity index is 799. The van der Waals surface area contributed by atoms with Crippen LogP contribution in [0.3, 0.4) is 0 Å². The highest BCUT2D eigenvalue weighted by Gasteiger charge is 2.43. The van der Waals surface area contributed by atoms with Crippen LogP contribution in [0.2, 0.25) is 0 Å². The van der Waals surface area contributed by atoms with Gasteiger partial charge in [-0.15, -0.1) is 0 Å². The molecule has 1 atom stereocenters. The SMILES string of the molecule is O=C(OCN1C(=O)CCC(N2Cc3ccccc3C2=O)C1=O)C1CCCC1. The van der Waals surface area contributed by atoms with E-state index >= 15 is 0 Å². The lowest BCUT2D eigenvalue weighted by molar-refractivity contribution is -0.166. The quantitative estimate of drug-likeness (QED) is 0.597. The topological polar surface area (TPSA) is 84.0 Å². The maximum Gasteiger partial charge on any atom is 0.310 e. The van der Waals surface area contributed by atoms with Gasteiger partial charge in [-0.2, -0.15) is 0 Å². The molecule has 0 aromatic heterocycles. The van der Waals surface area contributed by atoms with Crippen LogP contribution in [0, 0.1) is 5.92 Å². The lowest BCUT2D eigenvalue weighted by atomic mass is 10.0. The Morgan fingerprint density at radius 2 is 1.81 bits per heavy atom. The van der Waals surface area contributed by atoms with Crippen LogP contribution >= 0.6 is 0 Å². The van der Waals surface area contributed by atoms with Crippen LogP contribution in [0.25, 0.3) is 0 Å². The van der Waals surface area contributed by atoms with E-state index in [4.69, 9.17) is 4.74 Å². The number of carbonyl (C=O) groups excluding carboxylic acids is 4. The Balaban J connectivity index is 1.43. The van der Waals surface area contributed by atoms with Gasteiger partial charge in [-0.05, 0) is 30.9 Å². The number of piperidine rings is 1. The van der Waals surface area contributed by atoms with Crippen LogP contribution in [0.15, 0.2) is 24.3 Å². The first kappa shape index (κ1) is 17.7. The van der Waals surface area contributed by atoms with Gasteiger partial charge in [-0.3, -0.25) is 19.2 Å². The number of imide groups is 1. The molecule has 2 heterocycles. The third-order valence-electron chi connectivity index (χ3n) is 5.73. The molecule has 0 spiro atoms. The first-order chi connectivity index (χ1) is 13.1. The van der Waals surface area contributed by atoms with E-state index in [1.807, 2.05) is 12.1 Å². The zero-order valence-corrected chi connectivity index (χ0v) is 15.1. The Morgan fingerprint density at radius 3 is 2.56 bits per heavy atom. The normalized spacial score (nSPS) is 23.1. The van der Waals surface area contributed by atoms with Gasteiger partial charge in [0.2, 0.25) is 5.91 Å². The molecule has 0 N–H and O–H groups in total. The maximum atomic E-state index is 12.9. The Labute approximate surface area is 157 Å². The molecule has 0 radical (unpaired) electrons. The van der Waals surface area contributed by atoms with E-state index in [9.17, 15) is 19.2 Å². The van der Waals surface area contributed by atoms with E-state index in [2.05, 4.69) is 0 Å². The molecular formula is C20H22N2O5. The predicted octanol–water partition coefficient (Wildman–Crippen LogP) is 1.85. The number of hydrogen-bond donors (Lipinski definition) is 0. The summed E-state index contributed by atoms with van der Waals surface area (Å²) in [5.74, 6) is -1.50. The van der Waals surface area contributed by atoms with Crippen molar-refractivity contribution in [2.45, 2.75) is 51.1 Å². The molecule has 3 amide bonds. The van der Waals surface area contributed by atoms with Crippen LogP contribution in [0.1, 0.15) is 54.4 Å². The second-order valence-electron chi connectivity index (χ2n) is 7.38. The number of benzene rings is 1. The van der Waals surface area contributed by atoms with Gasteiger partial charge in [0.25, 0.3) is 11.8 Å². The molecule has 3 aliphatic rings. The van der Waals surface area contributed by atoms with Crippen molar-refractivity contribution in [1.82, 2.24) is 9.80 Å². The number of carbonyl (C=O) groups is 4. The van der Waals surface area contributed by atoms with Crippen molar-refractivity contribution in [2.24, 2.45) is 5.92 Å². The molecule has 4 rings (SSSR count). The lowest BCUT2D eigenvalue weighted by Crippen LogP contribution is -2.55. The van der Waals surface area contributed by atoms with Crippen LogP contribution in [-0.2, 0) is 25.7 Å². The number of nitrogens with zero attached hydrogens (tertiary/aromatic N) is 2. The van der Waals surface area contributed by atoms with E-state index in [1.54, 1.807) is 12.1 Å². The molecular weight excluding hydrogens is 348 g/mol. The second-order valence-corrected chi connectivity index (χ2v) is 7.38. The Kier molecular flexibility index (Phi) is 4.68. The molecule has 1 saturated carbocycles. The number of ether oxygens (including phenoxy) is 1. The van der Waals surface area contributed by atoms with Gasteiger partial charge in [0, 0.05) is 18.5 Å². The Morgan fingerprint density at radius 1 is 1.07 bits per heavy atom. The van der Waals surface area contributed by atoms with Gasteiger partial charge in [-0.25, -0.2) is 4.90 Å². The summed E-state index contributed by atoms with van der Waals surface area (Å²) in [4.78, 5) is 52.3. The van der Waals surface area contributed by atoms with Gasteiger partial charge in [0.1, 0.15) is 6.04 Å². The first-order valence-electron chi connectivity index (χ1n) is 9.46. The zero-order valence-electron chi connectivity index (χ0n) is 15.1. The highest BCUT2D eigenvalue weighted by Crippen LogP contribution is 2.29. The monoisotopic (exact) mass is 370 g/mol. The highest BCUT2D eigenvalue weighted by molar-refractivity contribution is 6.05. The van der Waals surface area contributed by atoms with Crippen molar-refractivity contribution in [1.29, 1.82) is 0 Å². The first-order valence-corrected chi connectivity index (χ1v) is 9.46. The summed E-state index contributed by atoms with van der Waals surface area (Å²) in [6.07, 6.45) is 4.04. The number of amides is 3. The fourth-order valence-corrected chi connectivity index (χ4v) is 4.18. The summed E-state index contributed by atoms with van der Waals surface area (Å²) in [7, 11) is 0. The molecule has 1 aromatic carbocycles. The van der Waals surface area contributed by atoms with E-state index in [0.717, 1.165) is 36.1 Å². The van der Waals surface area contributed by atoms with Crippen LogP contribution in [0.4, 0.5) is 0 Å². The summed E-state index contributed by atoms with van der Waals surface area (Å²) in [6, 6.07) is 6.56. The van der Waals surface area contributed by atoms with Gasteiger partial charge in [-0.1, -0.05) is 31.0 Å². The fourth-order valence-electron chi connectivity index (χ4n) is 4.18. The number of likely N-dealkylation sites (tertiary alicyclic amines) is 1. The van der Waals surface area contributed by atoms with Gasteiger partial charge >= 0.3 is 5.97 Å². The van der Waals surface area contributed by atoms with Gasteiger partial charge in [0.15, 0.2) is 6.73 Å². The summed E-state index contributed by atoms with van der Waals surface area (Å²) >= 11 is 0. The molecule has 1 saturated heterocycles. The third-order valence-corrected chi connectivity index (χ3v) is 5.73. The molecule has 1 aromatic rings. The lowest BCUT2D eigenvalue weighted by Gasteiger charge is -2.35. The number of hydrogen-bond acceptors (Lipinski definition) is 5. The third kappa shape index (κ3) is 3.22. The number of esters is 1. The summed E-state index contributed by atoms with van der Waals surface area (Å²) in [5.41, 5.74) is 1.48. The number of rotatable bonds is 4. The maximum absolute atomic E-state index is 12.9. The van der Waals surface area contributed by atoms with E-state index < -0.39 is 11.9 Å². The molecule has 2 fully saturated rings. The fraction of sp³-hybridized carbons (Fsp3) is 0.500. The molecule has 27 heavy (non-hydrogen) atoms. The largest absolute Gasteiger partial charge is 0.443 e. The highest BCUT2D eigenvalue weighted by atomic mass is 16.5. The minimum atomic E-state index is -0.701. The molecule has 7 nitrogen and oxygen atoms in total. The standard InChI is InChI=1S/C20H22N2O5/c23-17-10-9-16(21-11-14-7-3-4-8-15(14)18(21)24)19(25)22(17)12-27-20(26)13-5-1-2-6-13/h3-4,7-8,13,16H,1-2,5-6,9-12H2. The van der Waals surface area contributed by atoms with Crippen molar-refractivity contribution in [2.75, 3.05) is 6.73 Å². The molecule has 1 aliphatic carbocycles. The smallest absolute Gasteiger partial charge is 0.310 e. The minimum Gasteiger partial charge on any atom is -0.443 e. The molecule has 2 aliphatic heterocycles. The van der Waals surface area contributed by atoms with Crippen molar-refractivity contribution in [3.63, 3.8) is 0 Å². The summed E-state index contributed by atoms with van der Waals surface area (Å²) < 4.78 is 5.25. The average molecular weight is 370 g/mol. The van der Waals surface area contributed by atoms with E-state index in [1.165, 1.54) is 4.90 Å². The minimum absolute atomic E-state index is 0.134. The zero-order chi connectivity index (χ0) is 19.0. The summed E-state index contributed by atoms with van der Waals surface area (Å²) in [5, 5.41) is 0. The van der Waals surface area contributed by atoms with Crippen molar-refractivity contribution in [3.8, 4) is 0 Å². The number of fused-ring (bicyclic) bond motifs is 1. The Hall–Kier alpha value is -2.70. The average Bonchev–Trinajstić information content (AvgIpc) is 3.31. The molecule has 142 valence electrons. The van der Waals surface area contributed by atoms with Gasteiger partial charge in [0.05, 0.1) is 5.92 Å². The van der Waals surface area contributed by atoms with E-state index in [-0.39, 0.29) is 36.9 Å².